The number of carbonyl (C=O) groups is 1. The van der Waals surface area contributed by atoms with Crippen LogP contribution in [-0.4, -0.2) is 37.7 Å². The van der Waals surface area contributed by atoms with E-state index in [2.05, 4.69) is 4.72 Å². The number of halogens is 1. The molecule has 124 valence electrons. The molecular weight excluding hydrogens is 325 g/mol. The number of hydrogen-bond donors (Lipinski definition) is 2. The molecule has 3 aliphatic rings. The van der Waals surface area contributed by atoms with E-state index in [0.717, 1.165) is 18.6 Å². The van der Waals surface area contributed by atoms with Crippen molar-refractivity contribution in [2.75, 3.05) is 0 Å². The maximum atomic E-state index is 14.3. The molecule has 0 radical (unpaired) electrons. The van der Waals surface area contributed by atoms with Crippen LogP contribution in [0.3, 0.4) is 0 Å². The van der Waals surface area contributed by atoms with Gasteiger partial charge in [-0.3, -0.25) is 0 Å². The number of benzene rings is 1. The minimum absolute atomic E-state index is 0.0923. The van der Waals surface area contributed by atoms with Crippen LogP contribution < -0.4 is 4.72 Å². The first-order valence-corrected chi connectivity index (χ1v) is 8.97. The summed E-state index contributed by atoms with van der Waals surface area (Å²) in [7, 11) is -4.15. The monoisotopic (exact) mass is 341 g/mol. The van der Waals surface area contributed by atoms with Crippen LogP contribution in [0.25, 0.3) is 0 Å². The zero-order valence-electron chi connectivity index (χ0n) is 12.3. The lowest BCUT2D eigenvalue weighted by molar-refractivity contribution is 0.0676. The van der Waals surface area contributed by atoms with Crippen molar-refractivity contribution in [2.45, 2.75) is 42.9 Å². The van der Waals surface area contributed by atoms with Crippen molar-refractivity contribution >= 4 is 16.0 Å². The predicted octanol–water partition coefficient (Wildman–Crippen LogP) is 1.29. The Hall–Kier alpha value is -1.51. The van der Waals surface area contributed by atoms with Gasteiger partial charge in [-0.2, -0.15) is 0 Å². The fraction of sp³-hybridized carbons (Fsp3) is 0.533. The molecule has 5 atom stereocenters. The smallest absolute Gasteiger partial charge is 0.338 e. The van der Waals surface area contributed by atoms with E-state index in [1.54, 1.807) is 0 Å². The second kappa shape index (κ2) is 4.75. The zero-order valence-corrected chi connectivity index (χ0v) is 13.1. The summed E-state index contributed by atoms with van der Waals surface area (Å²) < 4.78 is 47.6. The lowest BCUT2D eigenvalue weighted by atomic mass is 9.96. The van der Waals surface area contributed by atoms with Gasteiger partial charge in [0.05, 0.1) is 23.8 Å². The van der Waals surface area contributed by atoms with E-state index in [4.69, 9.17) is 9.84 Å². The standard InChI is InChI=1S/C15H16FNO5S/c1-6-2-9(15(18)19)13(16)12(3-6)23(20,21)17-10-5-11-7-4-8(7)14(10)22-11/h2-3,7-8,10-11,14,17H,4-5H2,1H3,(H,18,19)/t7-,8+,10-,11+,14+/m1/s1. The van der Waals surface area contributed by atoms with Gasteiger partial charge in [0, 0.05) is 0 Å². The van der Waals surface area contributed by atoms with E-state index in [1.165, 1.54) is 6.92 Å². The molecule has 2 saturated heterocycles. The van der Waals surface area contributed by atoms with Crippen LogP contribution in [0, 0.1) is 24.6 Å². The van der Waals surface area contributed by atoms with Gasteiger partial charge in [0.25, 0.3) is 0 Å². The Bertz CT molecular complexity index is 808. The minimum Gasteiger partial charge on any atom is -0.478 e. The Balaban J connectivity index is 1.65. The van der Waals surface area contributed by atoms with Crippen molar-refractivity contribution in [3.8, 4) is 0 Å². The highest BCUT2D eigenvalue weighted by Crippen LogP contribution is 2.58. The number of rotatable bonds is 4. The van der Waals surface area contributed by atoms with Gasteiger partial charge in [0.1, 0.15) is 4.90 Å². The number of ether oxygens (including phenoxy) is 1. The van der Waals surface area contributed by atoms with Crippen LogP contribution in [0.5, 0.6) is 0 Å². The van der Waals surface area contributed by atoms with Gasteiger partial charge in [0.2, 0.25) is 10.0 Å². The molecular formula is C15H16FNO5S. The van der Waals surface area contributed by atoms with E-state index in [9.17, 15) is 17.6 Å². The van der Waals surface area contributed by atoms with Gasteiger partial charge in [-0.25, -0.2) is 22.3 Å². The predicted molar refractivity (Wildman–Crippen MR) is 77.1 cm³/mol. The summed E-state index contributed by atoms with van der Waals surface area (Å²) in [5.41, 5.74) is -0.271. The number of aryl methyl sites for hydroxylation is 1. The Morgan fingerprint density at radius 2 is 2.09 bits per heavy atom. The number of nitrogens with one attached hydrogen (secondary N) is 1. The van der Waals surface area contributed by atoms with Crippen molar-refractivity contribution in [3.05, 3.63) is 29.1 Å². The second-order valence-electron chi connectivity index (χ2n) is 6.60. The average Bonchev–Trinajstić information content (AvgIpc) is 3.08. The van der Waals surface area contributed by atoms with E-state index in [1.807, 2.05) is 0 Å². The van der Waals surface area contributed by atoms with Crippen LogP contribution in [0.4, 0.5) is 4.39 Å². The maximum absolute atomic E-state index is 14.3. The number of hydrogen-bond acceptors (Lipinski definition) is 4. The topological polar surface area (TPSA) is 92.7 Å². The number of aromatic carboxylic acids is 1. The average molecular weight is 341 g/mol. The second-order valence-corrected chi connectivity index (χ2v) is 8.28. The summed E-state index contributed by atoms with van der Waals surface area (Å²) in [6.07, 6.45) is 1.60. The molecule has 2 bridgehead atoms. The molecule has 1 aromatic carbocycles. The first kappa shape index (κ1) is 15.0. The van der Waals surface area contributed by atoms with Gasteiger partial charge in [-0.1, -0.05) is 0 Å². The molecule has 0 spiro atoms. The van der Waals surface area contributed by atoms with Gasteiger partial charge < -0.3 is 9.84 Å². The molecule has 2 heterocycles. The summed E-state index contributed by atoms with van der Waals surface area (Å²) in [6, 6.07) is 1.89. The molecule has 3 fully saturated rings. The first-order valence-electron chi connectivity index (χ1n) is 7.49. The van der Waals surface area contributed by atoms with Crippen molar-refractivity contribution in [1.82, 2.24) is 4.72 Å². The van der Waals surface area contributed by atoms with Crippen molar-refractivity contribution < 1.29 is 27.4 Å². The van der Waals surface area contributed by atoms with Crippen molar-refractivity contribution in [2.24, 2.45) is 11.8 Å². The van der Waals surface area contributed by atoms with Crippen LogP contribution in [-0.2, 0) is 14.8 Å². The minimum atomic E-state index is -4.15. The molecule has 0 aromatic heterocycles. The molecule has 2 aliphatic heterocycles. The molecule has 1 saturated carbocycles. The fourth-order valence-electron chi connectivity index (χ4n) is 3.92. The van der Waals surface area contributed by atoms with Gasteiger partial charge in [-0.05, 0) is 49.3 Å². The highest BCUT2D eigenvalue weighted by atomic mass is 32.2. The van der Waals surface area contributed by atoms with Gasteiger partial charge in [0.15, 0.2) is 5.82 Å². The van der Waals surface area contributed by atoms with Crippen molar-refractivity contribution in [1.29, 1.82) is 0 Å². The highest BCUT2D eigenvalue weighted by molar-refractivity contribution is 7.89. The maximum Gasteiger partial charge on any atom is 0.338 e. The summed E-state index contributed by atoms with van der Waals surface area (Å²) >= 11 is 0. The van der Waals surface area contributed by atoms with Crippen LogP contribution >= 0.6 is 0 Å². The van der Waals surface area contributed by atoms with E-state index in [-0.39, 0.29) is 18.2 Å². The summed E-state index contributed by atoms with van der Waals surface area (Å²) in [5.74, 6) is -1.77. The number of carboxylic acid groups (broad SMARTS) is 1. The normalized spacial score (nSPS) is 34.4. The lowest BCUT2D eigenvalue weighted by Gasteiger charge is -2.20. The van der Waals surface area contributed by atoms with E-state index in [0.29, 0.717) is 23.8 Å². The zero-order chi connectivity index (χ0) is 16.5. The molecule has 8 heteroatoms. The SMILES string of the molecule is Cc1cc(C(=O)O)c(F)c(S(=O)(=O)N[C@@H]2C[C@@H]3O[C@H]2[C@H]2C[C@H]23)c1. The quantitative estimate of drug-likeness (QED) is 0.861. The summed E-state index contributed by atoms with van der Waals surface area (Å²) in [5, 5.41) is 9.02. The number of fused-ring (bicyclic) bond motifs is 5. The number of carboxylic acids is 1. The Kier molecular flexibility index (Phi) is 3.11. The van der Waals surface area contributed by atoms with Gasteiger partial charge in [-0.15, -0.1) is 0 Å². The lowest BCUT2D eigenvalue weighted by Crippen LogP contribution is -2.42. The summed E-state index contributed by atoms with van der Waals surface area (Å²) in [6.45, 7) is 1.53. The molecule has 0 amide bonds. The van der Waals surface area contributed by atoms with Crippen LogP contribution in [0.15, 0.2) is 17.0 Å². The van der Waals surface area contributed by atoms with Crippen LogP contribution in [0.2, 0.25) is 0 Å². The molecule has 4 rings (SSSR count). The first-order chi connectivity index (χ1) is 10.8. The Labute approximate surface area is 132 Å². The molecule has 1 aliphatic carbocycles. The molecule has 0 unspecified atom stereocenters. The number of sulfonamides is 1. The third-order valence-electron chi connectivity index (χ3n) is 5.02. The van der Waals surface area contributed by atoms with Crippen LogP contribution in [0.1, 0.15) is 28.8 Å². The highest BCUT2D eigenvalue weighted by Gasteiger charge is 2.63. The van der Waals surface area contributed by atoms with E-state index >= 15 is 0 Å². The molecule has 6 nitrogen and oxygen atoms in total. The molecule has 1 aromatic rings. The summed E-state index contributed by atoms with van der Waals surface area (Å²) in [4.78, 5) is 10.5. The van der Waals surface area contributed by atoms with Crippen molar-refractivity contribution in [3.63, 3.8) is 0 Å². The molecule has 23 heavy (non-hydrogen) atoms. The van der Waals surface area contributed by atoms with Gasteiger partial charge >= 0.3 is 5.97 Å². The third-order valence-corrected chi connectivity index (χ3v) is 6.50. The molecule has 2 N–H and O–H groups in total. The van der Waals surface area contributed by atoms with E-state index < -0.39 is 32.3 Å². The Morgan fingerprint density at radius 1 is 1.35 bits per heavy atom. The largest absolute Gasteiger partial charge is 0.478 e. The Morgan fingerprint density at radius 3 is 2.70 bits per heavy atom. The third kappa shape index (κ3) is 2.28. The fourth-order valence-corrected chi connectivity index (χ4v) is 5.36.